The second kappa shape index (κ2) is 7.86. The molecule has 3 rings (SSSR count). The molecule has 0 aliphatic carbocycles. The number of nitro benzene ring substituents is 1. The number of anilines is 1. The number of hydrogen-bond donors (Lipinski definition) is 2. The largest absolute Gasteiger partial charge is 0.329 e. The molecule has 0 aliphatic heterocycles. The van der Waals surface area contributed by atoms with Crippen molar-refractivity contribution in [2.75, 3.05) is 5.43 Å². The van der Waals surface area contributed by atoms with E-state index >= 15 is 0 Å². The van der Waals surface area contributed by atoms with Crippen LogP contribution in [0, 0.1) is 10.1 Å². The van der Waals surface area contributed by atoms with Gasteiger partial charge in [0.25, 0.3) is 11.2 Å². The molecular weight excluding hydrogens is 366 g/mol. The van der Waals surface area contributed by atoms with Gasteiger partial charge >= 0.3 is 5.69 Å². The highest BCUT2D eigenvalue weighted by molar-refractivity contribution is 5.81. The van der Waals surface area contributed by atoms with Crippen LogP contribution in [0.15, 0.2) is 39.0 Å². The molecule has 0 aliphatic rings. The summed E-state index contributed by atoms with van der Waals surface area (Å²) >= 11 is 0. The van der Waals surface area contributed by atoms with Gasteiger partial charge in [0.15, 0.2) is 11.2 Å². The Morgan fingerprint density at radius 3 is 2.68 bits per heavy atom. The Bertz CT molecular complexity index is 1160. The maximum absolute atomic E-state index is 12.3. The SMILES string of the molecule is CCCCn1c(N/N=C/c2ccc([N+](=O)[O-])cc2)nc2c1c(=O)[nH]c(=O)n2C. The summed E-state index contributed by atoms with van der Waals surface area (Å²) < 4.78 is 2.95. The molecule has 11 nitrogen and oxygen atoms in total. The van der Waals surface area contributed by atoms with E-state index in [1.165, 1.54) is 30.0 Å². The quantitative estimate of drug-likeness (QED) is 0.359. The molecule has 3 aromatic rings. The van der Waals surface area contributed by atoms with Gasteiger partial charge in [-0.3, -0.25) is 24.5 Å². The summed E-state index contributed by atoms with van der Waals surface area (Å²) in [7, 11) is 1.53. The van der Waals surface area contributed by atoms with Crippen molar-refractivity contribution >= 4 is 29.0 Å². The Labute approximate surface area is 158 Å². The Kier molecular flexibility index (Phi) is 5.34. The van der Waals surface area contributed by atoms with Gasteiger partial charge in [0.05, 0.1) is 11.1 Å². The van der Waals surface area contributed by atoms with Gasteiger partial charge < -0.3 is 4.57 Å². The second-order valence-corrected chi connectivity index (χ2v) is 6.15. The predicted octanol–water partition coefficient (Wildman–Crippen LogP) is 1.58. The molecule has 2 N–H and O–H groups in total. The van der Waals surface area contributed by atoms with Gasteiger partial charge in [-0.05, 0) is 24.1 Å². The highest BCUT2D eigenvalue weighted by Gasteiger charge is 2.16. The molecule has 0 atom stereocenters. The summed E-state index contributed by atoms with van der Waals surface area (Å²) in [5, 5.41) is 14.8. The van der Waals surface area contributed by atoms with Crippen LogP contribution in [0.5, 0.6) is 0 Å². The third kappa shape index (κ3) is 3.68. The van der Waals surface area contributed by atoms with Gasteiger partial charge in [-0.1, -0.05) is 13.3 Å². The number of H-pyrrole nitrogens is 1. The van der Waals surface area contributed by atoms with Crippen LogP contribution in [0.4, 0.5) is 11.6 Å². The minimum absolute atomic E-state index is 0.00777. The number of fused-ring (bicyclic) bond motifs is 1. The van der Waals surface area contributed by atoms with Crippen LogP contribution in [0.1, 0.15) is 25.3 Å². The lowest BCUT2D eigenvalue weighted by molar-refractivity contribution is -0.384. The molecule has 11 heteroatoms. The van der Waals surface area contributed by atoms with Crippen molar-refractivity contribution in [1.29, 1.82) is 0 Å². The van der Waals surface area contributed by atoms with E-state index in [1.54, 1.807) is 16.7 Å². The van der Waals surface area contributed by atoms with Crippen LogP contribution < -0.4 is 16.7 Å². The van der Waals surface area contributed by atoms with Gasteiger partial charge in [-0.25, -0.2) is 10.2 Å². The molecule has 1 aromatic carbocycles. The van der Waals surface area contributed by atoms with Crippen LogP contribution >= 0.6 is 0 Å². The zero-order valence-corrected chi connectivity index (χ0v) is 15.4. The van der Waals surface area contributed by atoms with Crippen molar-refractivity contribution in [3.05, 3.63) is 60.8 Å². The first-order chi connectivity index (χ1) is 13.4. The number of aryl methyl sites for hydroxylation is 2. The van der Waals surface area contributed by atoms with Gasteiger partial charge in [0.2, 0.25) is 5.95 Å². The van der Waals surface area contributed by atoms with Crippen LogP contribution in [0.25, 0.3) is 11.2 Å². The number of non-ortho nitro benzene ring substituents is 1. The van der Waals surface area contributed by atoms with E-state index in [-0.39, 0.29) is 11.3 Å². The molecule has 0 fully saturated rings. The van der Waals surface area contributed by atoms with Crippen LogP contribution in [-0.4, -0.2) is 30.2 Å². The topological polar surface area (TPSA) is 140 Å². The Balaban J connectivity index is 1.94. The summed E-state index contributed by atoms with van der Waals surface area (Å²) in [6, 6.07) is 5.90. The number of nitro groups is 1. The summed E-state index contributed by atoms with van der Waals surface area (Å²) in [5.74, 6) is 0.327. The van der Waals surface area contributed by atoms with Crippen molar-refractivity contribution in [3.63, 3.8) is 0 Å². The highest BCUT2D eigenvalue weighted by Crippen LogP contribution is 2.16. The third-order valence-corrected chi connectivity index (χ3v) is 4.22. The number of unbranched alkanes of at least 4 members (excludes halogenated alkanes) is 1. The number of rotatable bonds is 7. The normalized spacial score (nSPS) is 11.4. The highest BCUT2D eigenvalue weighted by atomic mass is 16.6. The number of benzene rings is 1. The molecule has 0 unspecified atom stereocenters. The first-order valence-corrected chi connectivity index (χ1v) is 8.65. The zero-order valence-electron chi connectivity index (χ0n) is 15.4. The average molecular weight is 385 g/mol. The lowest BCUT2D eigenvalue weighted by atomic mass is 10.2. The Hall–Kier alpha value is -3.76. The van der Waals surface area contributed by atoms with E-state index in [9.17, 15) is 19.7 Å². The minimum atomic E-state index is -0.543. The van der Waals surface area contributed by atoms with Gasteiger partial charge in [0, 0.05) is 25.7 Å². The van der Waals surface area contributed by atoms with Crippen molar-refractivity contribution < 1.29 is 4.92 Å². The molecular formula is C17H19N7O4. The molecule has 2 aromatic heterocycles. The van der Waals surface area contributed by atoms with E-state index in [4.69, 9.17) is 0 Å². The van der Waals surface area contributed by atoms with Crippen molar-refractivity contribution in [2.45, 2.75) is 26.3 Å². The molecule has 0 saturated carbocycles. The fourth-order valence-electron chi connectivity index (χ4n) is 2.70. The van der Waals surface area contributed by atoms with Crippen molar-refractivity contribution in [1.82, 2.24) is 19.1 Å². The summed E-state index contributed by atoms with van der Waals surface area (Å²) in [5.41, 5.74) is 2.94. The fraction of sp³-hybridized carbons (Fsp3) is 0.294. The number of imidazole rings is 1. The second-order valence-electron chi connectivity index (χ2n) is 6.15. The van der Waals surface area contributed by atoms with Gasteiger partial charge in [0.1, 0.15) is 0 Å². The zero-order chi connectivity index (χ0) is 20.3. The Morgan fingerprint density at radius 2 is 2.04 bits per heavy atom. The third-order valence-electron chi connectivity index (χ3n) is 4.22. The molecule has 28 heavy (non-hydrogen) atoms. The first-order valence-electron chi connectivity index (χ1n) is 8.65. The van der Waals surface area contributed by atoms with Crippen molar-refractivity contribution in [2.24, 2.45) is 12.1 Å². The molecule has 0 bridgehead atoms. The smallest absolute Gasteiger partial charge is 0.303 e. The number of nitrogens with zero attached hydrogens (tertiary/aromatic N) is 5. The van der Waals surface area contributed by atoms with E-state index < -0.39 is 16.2 Å². The van der Waals surface area contributed by atoms with E-state index in [0.29, 0.717) is 23.6 Å². The maximum atomic E-state index is 12.3. The lowest BCUT2D eigenvalue weighted by Crippen LogP contribution is -2.29. The summed E-state index contributed by atoms with van der Waals surface area (Å²) in [4.78, 5) is 40.9. The maximum Gasteiger partial charge on any atom is 0.329 e. The number of aromatic nitrogens is 4. The standard InChI is InChI=1S/C17H19N7O4/c1-3-4-9-23-13-14(22(2)17(26)20-15(13)25)19-16(23)21-18-10-11-5-7-12(8-6-11)24(27)28/h5-8,10H,3-4,9H2,1-2H3,(H,19,21)(H,20,25,26)/b18-10+. The van der Waals surface area contributed by atoms with Crippen LogP contribution in [-0.2, 0) is 13.6 Å². The van der Waals surface area contributed by atoms with Gasteiger partial charge in [-0.15, -0.1) is 0 Å². The molecule has 0 amide bonds. The van der Waals surface area contributed by atoms with Crippen LogP contribution in [0.3, 0.4) is 0 Å². The first kappa shape index (κ1) is 19.0. The lowest BCUT2D eigenvalue weighted by Gasteiger charge is -2.06. The van der Waals surface area contributed by atoms with Crippen molar-refractivity contribution in [3.8, 4) is 0 Å². The summed E-state index contributed by atoms with van der Waals surface area (Å²) in [6.45, 7) is 2.56. The number of aromatic amines is 1. The van der Waals surface area contributed by atoms with E-state index in [0.717, 1.165) is 12.8 Å². The van der Waals surface area contributed by atoms with Crippen LogP contribution in [0.2, 0.25) is 0 Å². The average Bonchev–Trinajstić information content (AvgIpc) is 3.04. The monoisotopic (exact) mass is 385 g/mol. The molecule has 2 heterocycles. The number of nitrogens with one attached hydrogen (secondary N) is 2. The molecule has 146 valence electrons. The number of hydrazone groups is 1. The minimum Gasteiger partial charge on any atom is -0.303 e. The molecule has 0 spiro atoms. The van der Waals surface area contributed by atoms with E-state index in [1.807, 2.05) is 6.92 Å². The molecule has 0 radical (unpaired) electrons. The predicted molar refractivity (Wildman–Crippen MR) is 105 cm³/mol. The van der Waals surface area contributed by atoms with Gasteiger partial charge in [-0.2, -0.15) is 10.1 Å². The van der Waals surface area contributed by atoms with E-state index in [2.05, 4.69) is 20.5 Å². The number of hydrogen-bond acceptors (Lipinski definition) is 7. The Morgan fingerprint density at radius 1 is 1.32 bits per heavy atom. The molecule has 0 saturated heterocycles. The fourth-order valence-corrected chi connectivity index (χ4v) is 2.70. The summed E-state index contributed by atoms with van der Waals surface area (Å²) in [6.07, 6.45) is 3.21.